The van der Waals surface area contributed by atoms with E-state index in [2.05, 4.69) is 15.5 Å². The third kappa shape index (κ3) is 2.30. The smallest absolute Gasteiger partial charge is 0.322 e. The predicted octanol–water partition coefficient (Wildman–Crippen LogP) is 2.69. The molecule has 4 saturated carbocycles. The highest BCUT2D eigenvalue weighted by Crippen LogP contribution is 2.59. The topological polar surface area (TPSA) is 95.2 Å². The van der Waals surface area contributed by atoms with Crippen LogP contribution in [-0.2, 0) is 4.79 Å². The molecule has 2 aromatic rings. The highest BCUT2D eigenvalue weighted by Gasteiger charge is 2.66. The van der Waals surface area contributed by atoms with E-state index in [0.717, 1.165) is 43.1 Å². The molecule has 7 nitrogen and oxygen atoms in total. The quantitative estimate of drug-likeness (QED) is 0.771. The number of rotatable bonds is 2. The van der Waals surface area contributed by atoms with Crippen molar-refractivity contribution in [3.8, 4) is 11.3 Å². The molecule has 1 aromatic heterocycles. The second-order valence-corrected chi connectivity index (χ2v) is 9.10. The number of nitrogens with one attached hydrogen (secondary N) is 2. The van der Waals surface area contributed by atoms with Crippen LogP contribution in [0, 0.1) is 23.7 Å². The molecule has 5 aliphatic rings. The molecule has 7 rings (SSSR count). The number of carbonyl (C=O) groups is 2. The fourth-order valence-corrected chi connectivity index (χ4v) is 6.59. The fourth-order valence-electron chi connectivity index (χ4n) is 6.59. The van der Waals surface area contributed by atoms with E-state index in [4.69, 9.17) is 0 Å². The lowest BCUT2D eigenvalue weighted by molar-refractivity contribution is -0.138. The lowest BCUT2D eigenvalue weighted by Gasteiger charge is -2.58. The maximum absolute atomic E-state index is 13.7. The number of H-pyrrole nitrogens is 1. The van der Waals surface area contributed by atoms with Crippen LogP contribution in [0.2, 0.25) is 0 Å². The summed E-state index contributed by atoms with van der Waals surface area (Å²) in [5.74, 6) is 1.85. The van der Waals surface area contributed by atoms with E-state index in [1.807, 2.05) is 6.07 Å². The molecule has 148 valence electrons. The Morgan fingerprint density at radius 3 is 2.31 bits per heavy atom. The van der Waals surface area contributed by atoms with Crippen LogP contribution in [-0.4, -0.2) is 27.7 Å². The Bertz CT molecular complexity index is 1040. The summed E-state index contributed by atoms with van der Waals surface area (Å²) in [7, 11) is 0. The zero-order valence-corrected chi connectivity index (χ0v) is 15.9. The van der Waals surface area contributed by atoms with Crippen LogP contribution in [0.15, 0.2) is 41.2 Å². The number of nitrogens with zero attached hydrogens (tertiary/aromatic N) is 2. The third-order valence-corrected chi connectivity index (χ3v) is 7.58. The van der Waals surface area contributed by atoms with Gasteiger partial charge in [-0.1, -0.05) is 12.1 Å². The third-order valence-electron chi connectivity index (χ3n) is 7.58. The second-order valence-electron chi connectivity index (χ2n) is 9.10. The van der Waals surface area contributed by atoms with Gasteiger partial charge in [0, 0.05) is 11.6 Å². The average molecular weight is 390 g/mol. The maximum atomic E-state index is 13.7. The molecule has 29 heavy (non-hydrogen) atoms. The van der Waals surface area contributed by atoms with Gasteiger partial charge in [-0.3, -0.25) is 9.59 Å². The number of hydrogen-bond acceptors (Lipinski definition) is 4. The molecule has 0 radical (unpaired) electrons. The van der Waals surface area contributed by atoms with Crippen molar-refractivity contribution in [3.05, 3.63) is 46.8 Å². The lowest BCUT2D eigenvalue weighted by atomic mass is 9.48. The van der Waals surface area contributed by atoms with E-state index in [1.165, 1.54) is 17.4 Å². The highest BCUT2D eigenvalue weighted by molar-refractivity contribution is 6.23. The van der Waals surface area contributed by atoms with Gasteiger partial charge in [0.1, 0.15) is 5.54 Å². The highest BCUT2D eigenvalue weighted by atomic mass is 16.2. The van der Waals surface area contributed by atoms with E-state index in [9.17, 15) is 14.4 Å². The number of carbonyl (C=O) groups excluding carboxylic acids is 2. The van der Waals surface area contributed by atoms with Gasteiger partial charge in [-0.2, -0.15) is 5.10 Å². The summed E-state index contributed by atoms with van der Waals surface area (Å²) < 4.78 is 0. The van der Waals surface area contributed by atoms with Crippen LogP contribution < -0.4 is 15.8 Å². The van der Waals surface area contributed by atoms with Crippen molar-refractivity contribution in [2.45, 2.75) is 37.6 Å². The van der Waals surface area contributed by atoms with Crippen LogP contribution in [0.25, 0.3) is 11.3 Å². The Kier molecular flexibility index (Phi) is 3.38. The Morgan fingerprint density at radius 2 is 1.66 bits per heavy atom. The molecule has 0 atom stereocenters. The van der Waals surface area contributed by atoms with Crippen molar-refractivity contribution in [2.24, 2.45) is 23.7 Å². The molecule has 4 aliphatic carbocycles. The van der Waals surface area contributed by atoms with Crippen LogP contribution in [0.4, 0.5) is 10.5 Å². The standard InChI is InChI=1S/C22H22N4O3/c27-19-5-4-18(24-25-19)14-2-1-3-17(11-14)26-20(28)22(23-21(26)29)15-7-12-6-13(9-15)10-16(22)8-12/h1-5,11-13,15-16H,6-10H2,(H,23,29)(H,25,27). The molecular formula is C22H22N4O3. The Labute approximate surface area is 167 Å². The van der Waals surface area contributed by atoms with Crippen molar-refractivity contribution in [3.63, 3.8) is 0 Å². The van der Waals surface area contributed by atoms with Crippen molar-refractivity contribution in [2.75, 3.05) is 4.90 Å². The van der Waals surface area contributed by atoms with E-state index in [-0.39, 0.29) is 29.3 Å². The van der Waals surface area contributed by atoms with E-state index in [1.54, 1.807) is 24.3 Å². The maximum Gasteiger partial charge on any atom is 0.329 e. The number of aromatic amines is 1. The van der Waals surface area contributed by atoms with Gasteiger partial charge in [-0.05, 0) is 74.0 Å². The molecule has 3 amide bonds. The molecule has 1 saturated heterocycles. The van der Waals surface area contributed by atoms with Gasteiger partial charge in [0.15, 0.2) is 0 Å². The molecule has 0 unspecified atom stereocenters. The number of urea groups is 1. The first kappa shape index (κ1) is 16.9. The molecule has 7 heteroatoms. The van der Waals surface area contributed by atoms with Gasteiger partial charge in [0.2, 0.25) is 0 Å². The molecule has 5 fully saturated rings. The minimum atomic E-state index is -0.725. The number of imide groups is 1. The summed E-state index contributed by atoms with van der Waals surface area (Å²) in [6, 6.07) is 9.93. The van der Waals surface area contributed by atoms with E-state index >= 15 is 0 Å². The molecule has 2 heterocycles. The van der Waals surface area contributed by atoms with Crippen LogP contribution in [0.5, 0.6) is 0 Å². The summed E-state index contributed by atoms with van der Waals surface area (Å²) in [6.07, 6.45) is 5.49. The van der Waals surface area contributed by atoms with Gasteiger partial charge in [-0.25, -0.2) is 14.8 Å². The molecule has 4 bridgehead atoms. The van der Waals surface area contributed by atoms with Crippen molar-refractivity contribution < 1.29 is 9.59 Å². The number of aromatic nitrogens is 2. The minimum Gasteiger partial charge on any atom is -0.322 e. The normalized spacial score (nSPS) is 34.8. The summed E-state index contributed by atoms with van der Waals surface area (Å²) in [5.41, 5.74) is 0.872. The largest absolute Gasteiger partial charge is 0.329 e. The van der Waals surface area contributed by atoms with Crippen LogP contribution >= 0.6 is 0 Å². The first-order valence-corrected chi connectivity index (χ1v) is 10.4. The summed E-state index contributed by atoms with van der Waals surface area (Å²) >= 11 is 0. The van der Waals surface area contributed by atoms with Gasteiger partial charge in [0.25, 0.3) is 11.5 Å². The zero-order valence-electron chi connectivity index (χ0n) is 15.9. The Hall–Kier alpha value is -2.96. The first-order valence-electron chi connectivity index (χ1n) is 10.4. The summed E-state index contributed by atoms with van der Waals surface area (Å²) in [6.45, 7) is 0. The van der Waals surface area contributed by atoms with Crippen molar-refractivity contribution in [1.82, 2.24) is 15.5 Å². The van der Waals surface area contributed by atoms with Gasteiger partial charge in [0.05, 0.1) is 11.4 Å². The minimum absolute atomic E-state index is 0.0946. The average Bonchev–Trinajstić information content (AvgIpc) is 2.97. The molecular weight excluding hydrogens is 368 g/mol. The predicted molar refractivity (Wildman–Crippen MR) is 106 cm³/mol. The SMILES string of the molecule is O=C1NC2(C(=O)N1c1cccc(-c3ccc(=O)[nH]n3)c1)C1CC3CC(C1)CC2C3. The number of amides is 3. The second kappa shape index (κ2) is 5.78. The fraction of sp³-hybridized carbons (Fsp3) is 0.455. The molecule has 1 spiro atoms. The lowest BCUT2D eigenvalue weighted by Crippen LogP contribution is -2.66. The zero-order chi connectivity index (χ0) is 19.8. The number of benzene rings is 1. The van der Waals surface area contributed by atoms with Crippen molar-refractivity contribution in [1.29, 1.82) is 0 Å². The Balaban J connectivity index is 1.38. The molecule has 1 aliphatic heterocycles. The van der Waals surface area contributed by atoms with Crippen LogP contribution in [0.3, 0.4) is 0 Å². The van der Waals surface area contributed by atoms with Gasteiger partial charge >= 0.3 is 6.03 Å². The van der Waals surface area contributed by atoms with Gasteiger partial charge < -0.3 is 5.32 Å². The molecule has 2 N–H and O–H groups in total. The summed E-state index contributed by atoms with van der Waals surface area (Å²) in [5, 5.41) is 9.63. The monoisotopic (exact) mass is 390 g/mol. The van der Waals surface area contributed by atoms with Gasteiger partial charge in [-0.15, -0.1) is 0 Å². The van der Waals surface area contributed by atoms with Crippen LogP contribution in [0.1, 0.15) is 32.1 Å². The number of anilines is 1. The number of hydrogen-bond donors (Lipinski definition) is 2. The Morgan fingerprint density at radius 1 is 0.931 bits per heavy atom. The molecule has 1 aromatic carbocycles. The van der Waals surface area contributed by atoms with E-state index < -0.39 is 5.54 Å². The van der Waals surface area contributed by atoms with Crippen molar-refractivity contribution >= 4 is 17.6 Å². The summed E-state index contributed by atoms with van der Waals surface area (Å²) in [4.78, 5) is 39.3. The van der Waals surface area contributed by atoms with E-state index in [0.29, 0.717) is 11.4 Å². The first-order chi connectivity index (χ1) is 14.0.